The molecule has 2 heterocycles. The number of Topliss-reactive ketones (excluding diaryl/α,β-unsaturated/α-hetero) is 1. The summed E-state index contributed by atoms with van der Waals surface area (Å²) in [5.41, 5.74) is 0.967. The van der Waals surface area contributed by atoms with Gasteiger partial charge in [-0.25, -0.2) is 4.39 Å². The summed E-state index contributed by atoms with van der Waals surface area (Å²) in [4.78, 5) is 29.8. The number of nitrogens with zero attached hydrogens (tertiary/aromatic N) is 2. The monoisotopic (exact) mass is 454 g/mol. The number of likely N-dealkylation sites (tertiary alicyclic amines) is 1. The second-order valence-corrected chi connectivity index (χ2v) is 8.08. The van der Waals surface area contributed by atoms with E-state index in [-0.39, 0.29) is 11.3 Å². The number of amides is 1. The standard InChI is InChI=1S/C25H27FN2O5/c1-32-20-9-5-18(6-10-20)23(29)21-22(17-3-7-19(26)8-4-17)28(25(31)24(21)30)12-2-11-27-13-15-33-16-14-27/h3-10,22,29H,2,11-16H2,1H3. The lowest BCUT2D eigenvalue weighted by molar-refractivity contribution is -0.140. The summed E-state index contributed by atoms with van der Waals surface area (Å²) in [6.07, 6.45) is 0.660. The van der Waals surface area contributed by atoms with Crippen molar-refractivity contribution in [1.29, 1.82) is 0 Å². The summed E-state index contributed by atoms with van der Waals surface area (Å²) >= 11 is 0. The zero-order chi connectivity index (χ0) is 23.4. The predicted octanol–water partition coefficient (Wildman–Crippen LogP) is 2.98. The van der Waals surface area contributed by atoms with E-state index < -0.39 is 23.5 Å². The number of rotatable bonds is 7. The maximum atomic E-state index is 13.6. The number of ether oxygens (including phenoxy) is 2. The molecule has 1 unspecified atom stereocenters. The molecule has 1 N–H and O–H groups in total. The van der Waals surface area contributed by atoms with Gasteiger partial charge in [0.25, 0.3) is 11.7 Å². The summed E-state index contributed by atoms with van der Waals surface area (Å²) < 4.78 is 24.1. The number of carbonyl (C=O) groups is 2. The van der Waals surface area contributed by atoms with Crippen LogP contribution in [0.3, 0.4) is 0 Å². The van der Waals surface area contributed by atoms with Crippen LogP contribution in [-0.4, -0.2) is 73.1 Å². The molecule has 0 saturated carbocycles. The maximum Gasteiger partial charge on any atom is 0.295 e. The lowest BCUT2D eigenvalue weighted by Crippen LogP contribution is -2.38. The largest absolute Gasteiger partial charge is 0.507 e. The molecule has 0 bridgehead atoms. The van der Waals surface area contributed by atoms with Gasteiger partial charge in [0, 0.05) is 31.7 Å². The molecule has 33 heavy (non-hydrogen) atoms. The number of aliphatic hydroxyl groups is 1. The average Bonchev–Trinajstić information content (AvgIpc) is 3.10. The quantitative estimate of drug-likeness (QED) is 0.394. The third kappa shape index (κ3) is 4.91. The lowest BCUT2D eigenvalue weighted by Gasteiger charge is -2.29. The van der Waals surface area contributed by atoms with E-state index in [4.69, 9.17) is 9.47 Å². The highest BCUT2D eigenvalue weighted by atomic mass is 19.1. The predicted molar refractivity (Wildman–Crippen MR) is 120 cm³/mol. The molecule has 2 aromatic rings. The highest BCUT2D eigenvalue weighted by molar-refractivity contribution is 6.46. The minimum atomic E-state index is -0.794. The molecule has 0 spiro atoms. The van der Waals surface area contributed by atoms with Gasteiger partial charge in [0.05, 0.1) is 31.9 Å². The number of halogens is 1. The Labute approximate surface area is 192 Å². The highest BCUT2D eigenvalue weighted by Gasteiger charge is 2.45. The van der Waals surface area contributed by atoms with Crippen LogP contribution in [0.1, 0.15) is 23.6 Å². The van der Waals surface area contributed by atoms with Crippen LogP contribution in [0.15, 0.2) is 54.1 Å². The summed E-state index contributed by atoms with van der Waals surface area (Å²) in [6, 6.07) is 11.5. The Balaban J connectivity index is 1.65. The number of hydrogen-bond acceptors (Lipinski definition) is 6. The molecule has 8 heteroatoms. The van der Waals surface area contributed by atoms with Crippen molar-refractivity contribution in [2.45, 2.75) is 12.5 Å². The SMILES string of the molecule is COc1ccc(C(O)=C2C(=O)C(=O)N(CCCN3CCOCC3)C2c2ccc(F)cc2)cc1. The Morgan fingerprint density at radius 2 is 1.73 bits per heavy atom. The Bertz CT molecular complexity index is 1030. The van der Waals surface area contributed by atoms with Crippen molar-refractivity contribution in [2.24, 2.45) is 0 Å². The number of ketones is 1. The molecule has 2 fully saturated rings. The van der Waals surface area contributed by atoms with E-state index in [2.05, 4.69) is 4.90 Å². The van der Waals surface area contributed by atoms with Crippen molar-refractivity contribution < 1.29 is 28.6 Å². The van der Waals surface area contributed by atoms with Gasteiger partial charge in [-0.1, -0.05) is 12.1 Å². The molecular weight excluding hydrogens is 427 g/mol. The van der Waals surface area contributed by atoms with Crippen LogP contribution in [0.2, 0.25) is 0 Å². The van der Waals surface area contributed by atoms with Gasteiger partial charge in [0.2, 0.25) is 0 Å². The van der Waals surface area contributed by atoms with E-state index in [0.717, 1.165) is 19.6 Å². The number of methoxy groups -OCH3 is 1. The van der Waals surface area contributed by atoms with Crippen LogP contribution in [0.4, 0.5) is 4.39 Å². The Morgan fingerprint density at radius 3 is 2.36 bits per heavy atom. The topological polar surface area (TPSA) is 79.3 Å². The molecule has 2 aromatic carbocycles. The Morgan fingerprint density at radius 1 is 1.06 bits per heavy atom. The van der Waals surface area contributed by atoms with Crippen molar-refractivity contribution in [2.75, 3.05) is 46.5 Å². The van der Waals surface area contributed by atoms with E-state index in [1.54, 1.807) is 36.4 Å². The average molecular weight is 454 g/mol. The first-order chi connectivity index (χ1) is 16.0. The molecule has 0 radical (unpaired) electrons. The summed E-state index contributed by atoms with van der Waals surface area (Å²) in [6.45, 7) is 4.13. The zero-order valence-electron chi connectivity index (χ0n) is 18.5. The molecule has 0 aromatic heterocycles. The first-order valence-corrected chi connectivity index (χ1v) is 11.0. The van der Waals surface area contributed by atoms with Crippen molar-refractivity contribution in [1.82, 2.24) is 9.80 Å². The molecule has 174 valence electrons. The fraction of sp³-hybridized carbons (Fsp3) is 0.360. The first kappa shape index (κ1) is 22.9. The van der Waals surface area contributed by atoms with E-state index >= 15 is 0 Å². The fourth-order valence-corrected chi connectivity index (χ4v) is 4.30. The molecule has 2 aliphatic rings. The number of morpholine rings is 1. The Kier molecular flexibility index (Phi) is 7.05. The summed E-state index contributed by atoms with van der Waals surface area (Å²) in [7, 11) is 1.53. The molecule has 7 nitrogen and oxygen atoms in total. The van der Waals surface area contributed by atoms with E-state index in [0.29, 0.717) is 43.1 Å². The van der Waals surface area contributed by atoms with Gasteiger partial charge in [-0.15, -0.1) is 0 Å². The van der Waals surface area contributed by atoms with Crippen molar-refractivity contribution in [3.63, 3.8) is 0 Å². The van der Waals surface area contributed by atoms with Gasteiger partial charge >= 0.3 is 0 Å². The fourth-order valence-electron chi connectivity index (χ4n) is 4.30. The number of hydrogen-bond donors (Lipinski definition) is 1. The molecule has 4 rings (SSSR count). The molecule has 2 saturated heterocycles. The van der Waals surface area contributed by atoms with Crippen LogP contribution < -0.4 is 4.74 Å². The van der Waals surface area contributed by atoms with Crippen LogP contribution in [0.25, 0.3) is 5.76 Å². The molecule has 1 amide bonds. The van der Waals surface area contributed by atoms with Crippen LogP contribution in [0.5, 0.6) is 5.75 Å². The van der Waals surface area contributed by atoms with E-state index in [9.17, 15) is 19.1 Å². The first-order valence-electron chi connectivity index (χ1n) is 11.0. The summed E-state index contributed by atoms with van der Waals surface area (Å²) in [5.74, 6) is -1.49. The smallest absolute Gasteiger partial charge is 0.295 e. The third-order valence-electron chi connectivity index (χ3n) is 6.07. The molecule has 1 atom stereocenters. The van der Waals surface area contributed by atoms with Crippen LogP contribution in [-0.2, 0) is 14.3 Å². The third-order valence-corrected chi connectivity index (χ3v) is 6.07. The van der Waals surface area contributed by atoms with E-state index in [1.165, 1.54) is 24.1 Å². The molecular formula is C25H27FN2O5. The number of carbonyl (C=O) groups excluding carboxylic acids is 2. The number of benzene rings is 2. The summed E-state index contributed by atoms with van der Waals surface area (Å²) in [5, 5.41) is 11.0. The minimum absolute atomic E-state index is 0.00291. The van der Waals surface area contributed by atoms with Crippen molar-refractivity contribution in [3.8, 4) is 5.75 Å². The normalized spacial score (nSPS) is 20.9. The van der Waals surface area contributed by atoms with E-state index in [1.807, 2.05) is 0 Å². The van der Waals surface area contributed by atoms with Gasteiger partial charge in [-0.05, 0) is 48.4 Å². The second-order valence-electron chi connectivity index (χ2n) is 8.08. The molecule has 2 aliphatic heterocycles. The van der Waals surface area contributed by atoms with Crippen molar-refractivity contribution >= 4 is 17.4 Å². The minimum Gasteiger partial charge on any atom is -0.507 e. The zero-order valence-corrected chi connectivity index (χ0v) is 18.5. The van der Waals surface area contributed by atoms with Gasteiger partial charge in [0.15, 0.2) is 0 Å². The second kappa shape index (κ2) is 10.1. The van der Waals surface area contributed by atoms with Crippen LogP contribution >= 0.6 is 0 Å². The van der Waals surface area contributed by atoms with Crippen LogP contribution in [0, 0.1) is 5.82 Å². The van der Waals surface area contributed by atoms with Crippen molar-refractivity contribution in [3.05, 3.63) is 71.0 Å². The maximum absolute atomic E-state index is 13.6. The lowest BCUT2D eigenvalue weighted by atomic mass is 9.95. The van der Waals surface area contributed by atoms with Gasteiger partial charge < -0.3 is 19.5 Å². The highest BCUT2D eigenvalue weighted by Crippen LogP contribution is 2.39. The molecule has 0 aliphatic carbocycles. The Hall–Kier alpha value is -3.23. The van der Waals surface area contributed by atoms with Gasteiger partial charge in [-0.3, -0.25) is 14.5 Å². The number of aliphatic hydroxyl groups excluding tert-OH is 1. The van der Waals surface area contributed by atoms with Gasteiger partial charge in [-0.2, -0.15) is 0 Å². The van der Waals surface area contributed by atoms with Gasteiger partial charge in [0.1, 0.15) is 17.3 Å².